The Hall–Kier alpha value is -1.89. The quantitative estimate of drug-likeness (QED) is 0.368. The van der Waals surface area contributed by atoms with Crippen LogP contribution < -0.4 is 10.6 Å². The largest absolute Gasteiger partial charge is 0.409 e. The second kappa shape index (κ2) is 5.83. The SMILES string of the molecule is N/C(=N/O)c1cc(F)c(N2CCCOCC2)c(F)c1. The van der Waals surface area contributed by atoms with Crippen molar-refractivity contribution in [3.63, 3.8) is 0 Å². The summed E-state index contributed by atoms with van der Waals surface area (Å²) in [6.07, 6.45) is 0.709. The molecule has 0 bridgehead atoms. The number of benzene rings is 1. The first-order valence-electron chi connectivity index (χ1n) is 5.93. The molecular formula is C12H15F2N3O2. The van der Waals surface area contributed by atoms with Gasteiger partial charge in [0.15, 0.2) is 5.84 Å². The molecule has 5 nitrogen and oxygen atoms in total. The summed E-state index contributed by atoms with van der Waals surface area (Å²) in [5, 5.41) is 11.2. The maximum Gasteiger partial charge on any atom is 0.170 e. The molecule has 0 atom stereocenters. The Labute approximate surface area is 109 Å². The fourth-order valence-electron chi connectivity index (χ4n) is 2.04. The van der Waals surface area contributed by atoms with Gasteiger partial charge in [-0.1, -0.05) is 5.16 Å². The third-order valence-corrected chi connectivity index (χ3v) is 2.96. The Balaban J connectivity index is 2.35. The second-order valence-electron chi connectivity index (χ2n) is 4.23. The molecule has 2 rings (SSSR count). The van der Waals surface area contributed by atoms with Gasteiger partial charge in [0, 0.05) is 25.3 Å². The van der Waals surface area contributed by atoms with E-state index in [0.29, 0.717) is 32.7 Å². The van der Waals surface area contributed by atoms with Crippen LogP contribution in [-0.2, 0) is 4.74 Å². The first-order valence-corrected chi connectivity index (χ1v) is 5.93. The molecule has 1 fully saturated rings. The van der Waals surface area contributed by atoms with Gasteiger partial charge in [0.05, 0.1) is 6.61 Å². The zero-order valence-corrected chi connectivity index (χ0v) is 10.3. The zero-order valence-electron chi connectivity index (χ0n) is 10.3. The van der Waals surface area contributed by atoms with Crippen LogP contribution in [0.15, 0.2) is 17.3 Å². The Morgan fingerprint density at radius 3 is 2.58 bits per heavy atom. The first kappa shape index (κ1) is 13.5. The minimum atomic E-state index is -0.733. The van der Waals surface area contributed by atoms with Gasteiger partial charge in [-0.2, -0.15) is 0 Å². The van der Waals surface area contributed by atoms with Crippen molar-refractivity contribution in [3.8, 4) is 0 Å². The molecule has 19 heavy (non-hydrogen) atoms. The summed E-state index contributed by atoms with van der Waals surface area (Å²) in [5.74, 6) is -1.80. The third kappa shape index (κ3) is 2.93. The van der Waals surface area contributed by atoms with E-state index in [1.165, 1.54) is 0 Å². The maximum atomic E-state index is 14.0. The number of nitrogens with zero attached hydrogens (tertiary/aromatic N) is 2. The van der Waals surface area contributed by atoms with Crippen LogP contribution in [0.5, 0.6) is 0 Å². The Morgan fingerprint density at radius 1 is 1.26 bits per heavy atom. The molecule has 104 valence electrons. The van der Waals surface area contributed by atoms with Crippen molar-refractivity contribution in [3.05, 3.63) is 29.3 Å². The molecule has 1 aliphatic rings. The van der Waals surface area contributed by atoms with Crippen LogP contribution in [0, 0.1) is 11.6 Å². The topological polar surface area (TPSA) is 71.1 Å². The van der Waals surface area contributed by atoms with E-state index in [2.05, 4.69) is 5.16 Å². The molecule has 0 aliphatic carbocycles. The van der Waals surface area contributed by atoms with Crippen LogP contribution >= 0.6 is 0 Å². The van der Waals surface area contributed by atoms with E-state index >= 15 is 0 Å². The van der Waals surface area contributed by atoms with E-state index < -0.39 is 11.6 Å². The number of hydrogen-bond donors (Lipinski definition) is 2. The van der Waals surface area contributed by atoms with E-state index in [1.54, 1.807) is 4.90 Å². The third-order valence-electron chi connectivity index (χ3n) is 2.96. The average molecular weight is 271 g/mol. The average Bonchev–Trinajstić information content (AvgIpc) is 2.66. The van der Waals surface area contributed by atoms with Gasteiger partial charge >= 0.3 is 0 Å². The van der Waals surface area contributed by atoms with Crippen LogP contribution in [0.25, 0.3) is 0 Å². The van der Waals surface area contributed by atoms with E-state index in [0.717, 1.165) is 12.1 Å². The molecule has 0 radical (unpaired) electrons. The number of anilines is 1. The number of amidine groups is 1. The number of hydrogen-bond acceptors (Lipinski definition) is 4. The van der Waals surface area contributed by atoms with E-state index in [9.17, 15) is 8.78 Å². The summed E-state index contributed by atoms with van der Waals surface area (Å²) in [4.78, 5) is 1.60. The van der Waals surface area contributed by atoms with Crippen molar-refractivity contribution in [1.29, 1.82) is 0 Å². The lowest BCUT2D eigenvalue weighted by Gasteiger charge is -2.23. The first-order chi connectivity index (χ1) is 9.13. The van der Waals surface area contributed by atoms with Gasteiger partial charge in [-0.25, -0.2) is 8.78 Å². The molecule has 0 saturated carbocycles. The van der Waals surface area contributed by atoms with Gasteiger partial charge in [0.25, 0.3) is 0 Å². The van der Waals surface area contributed by atoms with Gasteiger partial charge in [-0.05, 0) is 18.6 Å². The number of nitrogens with two attached hydrogens (primary N) is 1. The van der Waals surface area contributed by atoms with Gasteiger partial charge in [-0.15, -0.1) is 0 Å². The van der Waals surface area contributed by atoms with Crippen LogP contribution in [0.3, 0.4) is 0 Å². The van der Waals surface area contributed by atoms with Crippen LogP contribution in [0.2, 0.25) is 0 Å². The molecule has 3 N–H and O–H groups in total. The highest BCUT2D eigenvalue weighted by Gasteiger charge is 2.20. The lowest BCUT2D eigenvalue weighted by atomic mass is 10.1. The lowest BCUT2D eigenvalue weighted by Crippen LogP contribution is -2.28. The molecule has 7 heteroatoms. The molecule has 0 amide bonds. The number of oxime groups is 1. The number of rotatable bonds is 2. The smallest absolute Gasteiger partial charge is 0.170 e. The molecule has 1 heterocycles. The van der Waals surface area contributed by atoms with E-state index in [-0.39, 0.29) is 17.1 Å². The maximum absolute atomic E-state index is 14.0. The summed E-state index contributed by atoms with van der Waals surface area (Å²) >= 11 is 0. The van der Waals surface area contributed by atoms with Crippen molar-refractivity contribution >= 4 is 11.5 Å². The Bertz CT molecular complexity index is 463. The van der Waals surface area contributed by atoms with Crippen LogP contribution in [0.1, 0.15) is 12.0 Å². The summed E-state index contributed by atoms with van der Waals surface area (Å²) in [6.45, 7) is 1.97. The number of ether oxygens (including phenoxy) is 1. The monoisotopic (exact) mass is 271 g/mol. The molecule has 0 spiro atoms. The van der Waals surface area contributed by atoms with Crippen LogP contribution in [-0.4, -0.2) is 37.3 Å². The molecule has 0 aromatic heterocycles. The fourth-order valence-corrected chi connectivity index (χ4v) is 2.04. The molecule has 0 unspecified atom stereocenters. The number of halogens is 2. The highest BCUT2D eigenvalue weighted by Crippen LogP contribution is 2.25. The van der Waals surface area contributed by atoms with Gasteiger partial charge < -0.3 is 20.6 Å². The van der Waals surface area contributed by atoms with Crippen molar-refractivity contribution in [2.24, 2.45) is 10.9 Å². The van der Waals surface area contributed by atoms with E-state index in [4.69, 9.17) is 15.7 Å². The molecule has 1 aliphatic heterocycles. The lowest BCUT2D eigenvalue weighted by molar-refractivity contribution is 0.152. The standard InChI is InChI=1S/C12H15F2N3O2/c13-9-6-8(12(15)16-18)7-10(14)11(9)17-2-1-4-19-5-3-17/h6-7,18H,1-5H2,(H2,15,16). The predicted molar refractivity (Wildman–Crippen MR) is 66.5 cm³/mol. The van der Waals surface area contributed by atoms with Crippen molar-refractivity contribution in [2.75, 3.05) is 31.2 Å². The predicted octanol–water partition coefficient (Wildman–Crippen LogP) is 1.29. The molecule has 1 aromatic carbocycles. The Morgan fingerprint density at radius 2 is 1.95 bits per heavy atom. The molecular weight excluding hydrogens is 256 g/mol. The minimum absolute atomic E-state index is 0.00678. The summed E-state index contributed by atoms with van der Waals surface area (Å²) in [7, 11) is 0. The summed E-state index contributed by atoms with van der Waals surface area (Å²) in [5.41, 5.74) is 5.23. The van der Waals surface area contributed by atoms with Crippen LogP contribution in [0.4, 0.5) is 14.5 Å². The normalized spacial score (nSPS) is 17.4. The fraction of sp³-hybridized carbons (Fsp3) is 0.417. The highest BCUT2D eigenvalue weighted by molar-refractivity contribution is 5.97. The summed E-state index contributed by atoms with van der Waals surface area (Å²) < 4.78 is 33.3. The van der Waals surface area contributed by atoms with Gasteiger partial charge in [0.2, 0.25) is 0 Å². The highest BCUT2D eigenvalue weighted by atomic mass is 19.1. The van der Waals surface area contributed by atoms with Crippen molar-refractivity contribution < 1.29 is 18.7 Å². The second-order valence-corrected chi connectivity index (χ2v) is 4.23. The van der Waals surface area contributed by atoms with Crippen molar-refractivity contribution in [1.82, 2.24) is 0 Å². The van der Waals surface area contributed by atoms with E-state index in [1.807, 2.05) is 0 Å². The summed E-state index contributed by atoms with van der Waals surface area (Å²) in [6, 6.07) is 2.11. The van der Waals surface area contributed by atoms with Gasteiger partial charge in [-0.3, -0.25) is 0 Å². The zero-order chi connectivity index (χ0) is 13.8. The molecule has 1 aromatic rings. The van der Waals surface area contributed by atoms with Gasteiger partial charge in [0.1, 0.15) is 17.3 Å². The minimum Gasteiger partial charge on any atom is -0.409 e. The Kier molecular flexibility index (Phi) is 4.16. The van der Waals surface area contributed by atoms with Crippen molar-refractivity contribution in [2.45, 2.75) is 6.42 Å². The molecule has 1 saturated heterocycles.